The Bertz CT molecular complexity index is 5960. The van der Waals surface area contributed by atoms with Gasteiger partial charge in [-0.3, -0.25) is 0 Å². The van der Waals surface area contributed by atoms with Crippen LogP contribution in [0.3, 0.4) is 0 Å². The Hall–Kier alpha value is -12.0. The molecule has 0 radical (unpaired) electrons. The molecule has 19 rings (SSSR count). The molecule has 532 valence electrons. The van der Waals surface area contributed by atoms with Crippen molar-refractivity contribution in [3.8, 4) is 100 Å². The van der Waals surface area contributed by atoms with Crippen molar-refractivity contribution in [3.05, 3.63) is 378 Å². The Balaban J connectivity index is 1.00. The van der Waals surface area contributed by atoms with Gasteiger partial charge in [0, 0.05) is 45.0 Å². The van der Waals surface area contributed by atoms with Crippen LogP contribution >= 0.6 is 0 Å². The largest absolute Gasteiger partial charge is 0.310 e. The Morgan fingerprint density at radius 1 is 0.218 bits per heavy atom. The third-order valence-electron chi connectivity index (χ3n) is 24.3. The standard InChI is InChI=1S/C107H91BN2/c1-103(2,3)77-55-51-68(52-56-77)73-54-58-95-94(61-73)108-93-57-53-74(81-44-31-47-87-86-43-27-30-50-92(86)107(99(81)87)90-48-28-25-41-84(90)85-42-26-29-49-91(85)107)62-96(93)110(102-88(71-37-21-15-22-38-71)66-80(106(10,11)12)67-89(102)72-39-23-16-24-40-72)98-64-76(75-59-78(104(4,5)6)65-79(60-75)105(7,8)9)63-97(100(98)108)109(95)101-82(69-33-17-13-18-34-69)45-32-46-83(101)70-35-19-14-20-36-70/h13-67H,1-12H3. The van der Waals surface area contributed by atoms with E-state index in [4.69, 9.17) is 0 Å². The Kier molecular flexibility index (Phi) is 15.9. The zero-order chi connectivity index (χ0) is 75.3. The van der Waals surface area contributed by atoms with Crippen LogP contribution in [0.2, 0.25) is 0 Å². The summed E-state index contributed by atoms with van der Waals surface area (Å²) in [5.41, 5.74) is 41.4. The van der Waals surface area contributed by atoms with E-state index in [1.165, 1.54) is 117 Å². The molecule has 0 unspecified atom stereocenters. The number of rotatable bonds is 9. The molecule has 2 aliphatic carbocycles. The third-order valence-corrected chi connectivity index (χ3v) is 24.3. The first-order valence-corrected chi connectivity index (χ1v) is 39.4. The fourth-order valence-electron chi connectivity index (χ4n) is 18.7. The molecular weight excluding hydrogens is 1320 g/mol. The summed E-state index contributed by atoms with van der Waals surface area (Å²) in [5.74, 6) is 0. The molecule has 0 N–H and O–H groups in total. The maximum absolute atomic E-state index is 2.78. The topological polar surface area (TPSA) is 6.48 Å². The first-order valence-electron chi connectivity index (χ1n) is 39.4. The van der Waals surface area contributed by atoms with Gasteiger partial charge in [-0.2, -0.15) is 0 Å². The maximum Gasteiger partial charge on any atom is 0.252 e. The fourth-order valence-corrected chi connectivity index (χ4v) is 18.7. The molecule has 0 amide bonds. The molecule has 0 bridgehead atoms. The van der Waals surface area contributed by atoms with Crippen molar-refractivity contribution in [2.75, 3.05) is 9.80 Å². The normalized spacial score (nSPS) is 13.7. The van der Waals surface area contributed by atoms with E-state index in [-0.39, 0.29) is 28.4 Å². The Morgan fingerprint density at radius 3 is 1.06 bits per heavy atom. The number of hydrogen-bond donors (Lipinski definition) is 0. The lowest BCUT2D eigenvalue weighted by molar-refractivity contribution is 0.569. The van der Waals surface area contributed by atoms with E-state index in [1.54, 1.807) is 0 Å². The molecule has 0 saturated heterocycles. The molecular formula is C107H91BN2. The predicted molar refractivity (Wildman–Crippen MR) is 470 cm³/mol. The van der Waals surface area contributed by atoms with Crippen LogP contribution < -0.4 is 26.2 Å². The highest BCUT2D eigenvalue weighted by Crippen LogP contribution is 2.65. The minimum atomic E-state index is -0.596. The molecule has 0 fully saturated rings. The van der Waals surface area contributed by atoms with Crippen molar-refractivity contribution < 1.29 is 0 Å². The SMILES string of the molecule is CC(C)(C)c1ccc(-c2ccc3c(c2)B2c4ccc(-c5cccc6c5C5(c7ccccc7-c7ccccc75)c5ccccc5-6)cc4N(c4c(-c5ccccc5)cc(C(C)(C)C)cc4-c4ccccc4)c4cc(-c5cc(C(C)(C)C)cc(C(C)(C)C)c5)cc(c42)N3c2c(-c3ccccc3)cccc2-c2ccccc2)cc1. The average Bonchev–Trinajstić information content (AvgIpc) is 0.900. The summed E-state index contributed by atoms with van der Waals surface area (Å²) >= 11 is 0. The third kappa shape index (κ3) is 11.0. The van der Waals surface area contributed by atoms with Crippen molar-refractivity contribution in [2.45, 2.75) is 110 Å². The second kappa shape index (κ2) is 25.5. The molecule has 0 saturated carbocycles. The van der Waals surface area contributed by atoms with Crippen LogP contribution in [-0.4, -0.2) is 6.71 Å². The van der Waals surface area contributed by atoms with Gasteiger partial charge in [0.2, 0.25) is 0 Å². The molecule has 4 aliphatic rings. The maximum atomic E-state index is 2.78. The van der Waals surface area contributed by atoms with Gasteiger partial charge in [-0.1, -0.05) is 380 Å². The average molecular weight is 1420 g/mol. The summed E-state index contributed by atoms with van der Waals surface area (Å²) < 4.78 is 0. The molecule has 2 heterocycles. The highest BCUT2D eigenvalue weighted by molar-refractivity contribution is 7.00. The summed E-state index contributed by atoms with van der Waals surface area (Å²) in [7, 11) is 0. The molecule has 1 spiro atoms. The van der Waals surface area contributed by atoms with E-state index in [9.17, 15) is 0 Å². The summed E-state index contributed by atoms with van der Waals surface area (Å²) in [4.78, 5) is 5.49. The van der Waals surface area contributed by atoms with Gasteiger partial charge in [0.25, 0.3) is 6.71 Å². The monoisotopic (exact) mass is 1410 g/mol. The van der Waals surface area contributed by atoms with Gasteiger partial charge in [-0.25, -0.2) is 0 Å². The lowest BCUT2D eigenvalue weighted by atomic mass is 9.33. The van der Waals surface area contributed by atoms with Crippen molar-refractivity contribution in [1.29, 1.82) is 0 Å². The lowest BCUT2D eigenvalue weighted by Gasteiger charge is -2.46. The van der Waals surface area contributed by atoms with E-state index in [1.807, 2.05) is 0 Å². The molecule has 2 aliphatic heterocycles. The molecule has 3 heteroatoms. The fraction of sp³-hybridized carbons (Fsp3) is 0.159. The lowest BCUT2D eigenvalue weighted by Crippen LogP contribution is -2.61. The van der Waals surface area contributed by atoms with Crippen molar-refractivity contribution in [3.63, 3.8) is 0 Å². The van der Waals surface area contributed by atoms with E-state index < -0.39 is 5.41 Å². The van der Waals surface area contributed by atoms with Crippen LogP contribution in [0.4, 0.5) is 34.1 Å². The van der Waals surface area contributed by atoms with Gasteiger partial charge in [0.15, 0.2) is 0 Å². The van der Waals surface area contributed by atoms with E-state index >= 15 is 0 Å². The van der Waals surface area contributed by atoms with Crippen molar-refractivity contribution in [1.82, 2.24) is 0 Å². The van der Waals surface area contributed by atoms with Crippen LogP contribution in [0.5, 0.6) is 0 Å². The molecule has 0 atom stereocenters. The van der Waals surface area contributed by atoms with Gasteiger partial charge >= 0.3 is 0 Å². The number of nitrogens with zero attached hydrogens (tertiary/aromatic N) is 2. The molecule has 110 heavy (non-hydrogen) atoms. The number of para-hydroxylation sites is 1. The van der Waals surface area contributed by atoms with Crippen LogP contribution in [0, 0.1) is 0 Å². The second-order valence-electron chi connectivity index (χ2n) is 35.2. The molecule has 0 aromatic heterocycles. The quantitative estimate of drug-likeness (QED) is 0.133. The van der Waals surface area contributed by atoms with Crippen LogP contribution in [0.15, 0.2) is 334 Å². The minimum absolute atomic E-state index is 0.0142. The molecule has 15 aromatic rings. The van der Waals surface area contributed by atoms with Crippen LogP contribution in [-0.2, 0) is 27.1 Å². The number of fused-ring (bicyclic) bond motifs is 14. The first kappa shape index (κ1) is 68.5. The number of anilines is 6. The second-order valence-corrected chi connectivity index (χ2v) is 35.2. The smallest absolute Gasteiger partial charge is 0.252 e. The van der Waals surface area contributed by atoms with Gasteiger partial charge in [-0.05, 0) is 197 Å². The van der Waals surface area contributed by atoms with Crippen LogP contribution in [0.25, 0.3) is 100 Å². The first-order chi connectivity index (χ1) is 53.1. The predicted octanol–water partition coefficient (Wildman–Crippen LogP) is 27.0. The van der Waals surface area contributed by atoms with E-state index in [2.05, 4.69) is 427 Å². The summed E-state index contributed by atoms with van der Waals surface area (Å²) in [6, 6.07) is 129. The van der Waals surface area contributed by atoms with E-state index in [0.717, 1.165) is 78.6 Å². The van der Waals surface area contributed by atoms with Gasteiger partial charge in [0.1, 0.15) is 0 Å². The van der Waals surface area contributed by atoms with Crippen molar-refractivity contribution >= 4 is 57.2 Å². The van der Waals surface area contributed by atoms with Gasteiger partial charge in [-0.15, -0.1) is 0 Å². The summed E-state index contributed by atoms with van der Waals surface area (Å²) in [5, 5.41) is 0. The van der Waals surface area contributed by atoms with Gasteiger partial charge in [0.05, 0.1) is 16.8 Å². The highest BCUT2D eigenvalue weighted by atomic mass is 15.2. The zero-order valence-electron chi connectivity index (χ0n) is 65.2. The zero-order valence-corrected chi connectivity index (χ0v) is 65.2. The van der Waals surface area contributed by atoms with Crippen LogP contribution in [0.1, 0.15) is 128 Å². The summed E-state index contributed by atoms with van der Waals surface area (Å²) in [6.45, 7) is 28.0. The Labute approximate surface area is 651 Å². The van der Waals surface area contributed by atoms with Gasteiger partial charge < -0.3 is 9.80 Å². The highest BCUT2D eigenvalue weighted by Gasteiger charge is 2.53. The summed E-state index contributed by atoms with van der Waals surface area (Å²) in [6.07, 6.45) is 0. The van der Waals surface area contributed by atoms with Crippen molar-refractivity contribution in [2.24, 2.45) is 0 Å². The molecule has 15 aromatic carbocycles. The molecule has 2 nitrogen and oxygen atoms in total. The number of benzene rings is 15. The minimum Gasteiger partial charge on any atom is -0.310 e. The Morgan fingerprint density at radius 2 is 0.582 bits per heavy atom. The number of hydrogen-bond acceptors (Lipinski definition) is 2. The van der Waals surface area contributed by atoms with E-state index in [0.29, 0.717) is 0 Å².